The summed E-state index contributed by atoms with van der Waals surface area (Å²) in [4.78, 5) is 0. The Kier molecular flexibility index (Phi) is 3.69. The van der Waals surface area contributed by atoms with Crippen LogP contribution in [0.1, 0.15) is 11.1 Å². The fraction of sp³-hybridized carbons (Fsp3) is 0.143. The molecule has 3 heteroatoms. The fourth-order valence-corrected chi connectivity index (χ4v) is 1.89. The maximum Gasteiger partial charge on any atom is 0.123 e. The number of rotatable bonds is 3. The second-order valence-electron chi connectivity index (χ2n) is 3.94. The highest BCUT2D eigenvalue weighted by Crippen LogP contribution is 2.22. The number of aromatic hydroxyl groups is 1. The summed E-state index contributed by atoms with van der Waals surface area (Å²) < 4.78 is 1.06. The second kappa shape index (κ2) is 5.23. The van der Waals surface area contributed by atoms with Gasteiger partial charge in [-0.15, -0.1) is 0 Å². The van der Waals surface area contributed by atoms with Crippen LogP contribution in [0.25, 0.3) is 0 Å². The van der Waals surface area contributed by atoms with Crippen molar-refractivity contribution in [2.75, 3.05) is 5.32 Å². The molecule has 0 bridgehead atoms. The lowest BCUT2D eigenvalue weighted by molar-refractivity contribution is 0.465. The summed E-state index contributed by atoms with van der Waals surface area (Å²) in [6.45, 7) is 2.52. The number of benzene rings is 2. The Labute approximate surface area is 109 Å². The molecule has 0 aliphatic carbocycles. The van der Waals surface area contributed by atoms with Crippen LogP contribution in [0.4, 0.5) is 5.69 Å². The van der Waals surface area contributed by atoms with E-state index < -0.39 is 0 Å². The lowest BCUT2D eigenvalue weighted by Crippen LogP contribution is -1.99. The van der Waals surface area contributed by atoms with Crippen LogP contribution in [0.15, 0.2) is 46.9 Å². The molecule has 0 atom stereocenters. The van der Waals surface area contributed by atoms with E-state index >= 15 is 0 Å². The largest absolute Gasteiger partial charge is 0.507 e. The molecule has 17 heavy (non-hydrogen) atoms. The zero-order valence-electron chi connectivity index (χ0n) is 9.57. The first-order chi connectivity index (χ1) is 8.16. The maximum atomic E-state index is 9.87. The van der Waals surface area contributed by atoms with Crippen LogP contribution < -0.4 is 5.32 Å². The minimum absolute atomic E-state index is 0.372. The highest BCUT2D eigenvalue weighted by atomic mass is 79.9. The van der Waals surface area contributed by atoms with E-state index in [0.717, 1.165) is 21.3 Å². The predicted molar refractivity (Wildman–Crippen MR) is 74.3 cm³/mol. The monoisotopic (exact) mass is 291 g/mol. The average Bonchev–Trinajstić information content (AvgIpc) is 2.33. The van der Waals surface area contributed by atoms with E-state index in [9.17, 15) is 5.11 Å². The summed E-state index contributed by atoms with van der Waals surface area (Å²) in [5.74, 6) is 0.372. The molecule has 0 heterocycles. The van der Waals surface area contributed by atoms with Gasteiger partial charge in [0.1, 0.15) is 5.75 Å². The first-order valence-corrected chi connectivity index (χ1v) is 6.23. The van der Waals surface area contributed by atoms with E-state index in [1.807, 2.05) is 49.4 Å². The van der Waals surface area contributed by atoms with Crippen molar-refractivity contribution in [1.82, 2.24) is 0 Å². The summed E-state index contributed by atoms with van der Waals surface area (Å²) in [6.07, 6.45) is 0. The molecule has 0 radical (unpaired) electrons. The minimum Gasteiger partial charge on any atom is -0.507 e. The van der Waals surface area contributed by atoms with Gasteiger partial charge in [-0.1, -0.05) is 34.1 Å². The summed E-state index contributed by atoms with van der Waals surface area (Å²) in [6, 6.07) is 13.7. The van der Waals surface area contributed by atoms with E-state index in [2.05, 4.69) is 21.2 Å². The number of para-hydroxylation sites is 1. The predicted octanol–water partition coefficient (Wildman–Crippen LogP) is 4.08. The lowest BCUT2D eigenvalue weighted by Gasteiger charge is -2.09. The lowest BCUT2D eigenvalue weighted by atomic mass is 10.1. The smallest absolute Gasteiger partial charge is 0.123 e. The quantitative estimate of drug-likeness (QED) is 0.893. The average molecular weight is 292 g/mol. The van der Waals surface area contributed by atoms with E-state index in [1.165, 1.54) is 0 Å². The van der Waals surface area contributed by atoms with Crippen molar-refractivity contribution in [3.05, 3.63) is 58.1 Å². The normalized spacial score (nSPS) is 10.2. The van der Waals surface area contributed by atoms with Crippen molar-refractivity contribution in [1.29, 1.82) is 0 Å². The number of aryl methyl sites for hydroxylation is 1. The molecule has 0 unspecified atom stereocenters. The Bertz CT molecular complexity index is 508. The number of phenolic OH excluding ortho intramolecular Hbond substituents is 1. The second-order valence-corrected chi connectivity index (χ2v) is 4.86. The van der Waals surface area contributed by atoms with Crippen molar-refractivity contribution < 1.29 is 5.11 Å². The van der Waals surface area contributed by atoms with Crippen molar-refractivity contribution in [3.8, 4) is 5.75 Å². The Morgan fingerprint density at radius 1 is 1.12 bits per heavy atom. The summed E-state index contributed by atoms with van der Waals surface area (Å²) in [7, 11) is 0. The van der Waals surface area contributed by atoms with Gasteiger partial charge in [-0.05, 0) is 36.8 Å². The number of halogens is 1. The first kappa shape index (κ1) is 12.0. The molecule has 0 saturated carbocycles. The highest BCUT2D eigenvalue weighted by Gasteiger charge is 2.02. The zero-order valence-corrected chi connectivity index (χ0v) is 11.2. The molecule has 2 rings (SSSR count). The number of hydrogen-bond acceptors (Lipinski definition) is 2. The molecule has 0 aliphatic heterocycles. The SMILES string of the molecule is Cc1cccc(CNc2ccc(Br)cc2)c1O. The van der Waals surface area contributed by atoms with Crippen LogP contribution in [0.2, 0.25) is 0 Å². The van der Waals surface area contributed by atoms with Gasteiger partial charge in [0, 0.05) is 22.3 Å². The molecular weight excluding hydrogens is 278 g/mol. The van der Waals surface area contributed by atoms with Crippen LogP contribution in [0.5, 0.6) is 5.75 Å². The van der Waals surface area contributed by atoms with E-state index in [1.54, 1.807) is 0 Å². The van der Waals surface area contributed by atoms with Crippen LogP contribution in [0, 0.1) is 6.92 Å². The molecule has 2 N–H and O–H groups in total. The van der Waals surface area contributed by atoms with Gasteiger partial charge in [0.2, 0.25) is 0 Å². The topological polar surface area (TPSA) is 32.3 Å². The van der Waals surface area contributed by atoms with Gasteiger partial charge in [-0.2, -0.15) is 0 Å². The molecule has 2 aromatic carbocycles. The Balaban J connectivity index is 2.07. The third-order valence-electron chi connectivity index (χ3n) is 2.65. The molecule has 0 saturated heterocycles. The standard InChI is InChI=1S/C14H14BrNO/c1-10-3-2-4-11(14(10)17)9-16-13-7-5-12(15)6-8-13/h2-8,16-17H,9H2,1H3. The number of phenols is 1. The number of nitrogens with one attached hydrogen (secondary N) is 1. The molecule has 0 aromatic heterocycles. The van der Waals surface area contributed by atoms with Crippen molar-refractivity contribution >= 4 is 21.6 Å². The highest BCUT2D eigenvalue weighted by molar-refractivity contribution is 9.10. The molecule has 0 aliphatic rings. The number of anilines is 1. The van der Waals surface area contributed by atoms with E-state index in [4.69, 9.17) is 0 Å². The fourth-order valence-electron chi connectivity index (χ4n) is 1.63. The van der Waals surface area contributed by atoms with Gasteiger partial charge >= 0.3 is 0 Å². The minimum atomic E-state index is 0.372. The number of hydrogen-bond donors (Lipinski definition) is 2. The van der Waals surface area contributed by atoms with Gasteiger partial charge in [0.05, 0.1) is 0 Å². The van der Waals surface area contributed by atoms with Gasteiger partial charge < -0.3 is 10.4 Å². The van der Waals surface area contributed by atoms with Crippen LogP contribution >= 0.6 is 15.9 Å². The molecule has 2 nitrogen and oxygen atoms in total. The Hall–Kier alpha value is -1.48. The summed E-state index contributed by atoms with van der Waals surface area (Å²) in [5, 5.41) is 13.1. The Morgan fingerprint density at radius 2 is 1.82 bits per heavy atom. The molecule has 0 spiro atoms. The van der Waals surface area contributed by atoms with Gasteiger partial charge in [0.25, 0.3) is 0 Å². The van der Waals surface area contributed by atoms with Crippen molar-refractivity contribution in [2.45, 2.75) is 13.5 Å². The Morgan fingerprint density at radius 3 is 2.53 bits per heavy atom. The molecule has 88 valence electrons. The van der Waals surface area contributed by atoms with E-state index in [0.29, 0.717) is 12.3 Å². The summed E-state index contributed by atoms with van der Waals surface area (Å²) in [5.41, 5.74) is 2.85. The van der Waals surface area contributed by atoms with Crippen LogP contribution in [-0.4, -0.2) is 5.11 Å². The molecule has 2 aromatic rings. The van der Waals surface area contributed by atoms with Gasteiger partial charge in [0.15, 0.2) is 0 Å². The van der Waals surface area contributed by atoms with E-state index in [-0.39, 0.29) is 0 Å². The maximum absolute atomic E-state index is 9.87. The third-order valence-corrected chi connectivity index (χ3v) is 3.18. The third kappa shape index (κ3) is 3.01. The zero-order chi connectivity index (χ0) is 12.3. The summed E-state index contributed by atoms with van der Waals surface area (Å²) >= 11 is 3.39. The molecule has 0 amide bonds. The van der Waals surface area contributed by atoms with Gasteiger partial charge in [-0.25, -0.2) is 0 Å². The van der Waals surface area contributed by atoms with Crippen LogP contribution in [0.3, 0.4) is 0 Å². The van der Waals surface area contributed by atoms with Gasteiger partial charge in [-0.3, -0.25) is 0 Å². The van der Waals surface area contributed by atoms with Crippen molar-refractivity contribution in [3.63, 3.8) is 0 Å². The first-order valence-electron chi connectivity index (χ1n) is 5.44. The van der Waals surface area contributed by atoms with Crippen LogP contribution in [-0.2, 0) is 6.54 Å². The molecular formula is C14H14BrNO. The molecule has 0 fully saturated rings. The van der Waals surface area contributed by atoms with Crippen molar-refractivity contribution in [2.24, 2.45) is 0 Å².